The first-order chi connectivity index (χ1) is 9.63. The summed E-state index contributed by atoms with van der Waals surface area (Å²) in [7, 11) is 0. The van der Waals surface area contributed by atoms with Crippen LogP contribution in [0.4, 0.5) is 4.79 Å². The van der Waals surface area contributed by atoms with Crippen LogP contribution in [0.1, 0.15) is 12.5 Å². The van der Waals surface area contributed by atoms with Gasteiger partial charge in [0, 0.05) is 6.54 Å². The molecule has 1 aromatic carbocycles. The summed E-state index contributed by atoms with van der Waals surface area (Å²) >= 11 is 0. The molecular formula is C15H14N2O3. The molecule has 0 spiro atoms. The average molecular weight is 270 g/mol. The maximum absolute atomic E-state index is 12.0. The summed E-state index contributed by atoms with van der Waals surface area (Å²) in [6, 6.07) is 8.82. The van der Waals surface area contributed by atoms with Crippen molar-refractivity contribution in [3.05, 3.63) is 53.6 Å². The first-order valence-corrected chi connectivity index (χ1v) is 6.24. The molecule has 1 heterocycles. The van der Waals surface area contributed by atoms with Crippen molar-refractivity contribution in [3.8, 4) is 0 Å². The smallest absolute Gasteiger partial charge is 0.273 e. The van der Waals surface area contributed by atoms with Gasteiger partial charge >= 0.3 is 6.03 Å². The van der Waals surface area contributed by atoms with Gasteiger partial charge in [0.15, 0.2) is 0 Å². The van der Waals surface area contributed by atoms with Crippen molar-refractivity contribution < 1.29 is 14.4 Å². The minimum absolute atomic E-state index is 0.0429. The lowest BCUT2D eigenvalue weighted by Gasteiger charge is -2.24. The number of hydrogen-bond acceptors (Lipinski definition) is 3. The fourth-order valence-corrected chi connectivity index (χ4v) is 1.82. The van der Waals surface area contributed by atoms with Gasteiger partial charge in [-0.15, -0.1) is 0 Å². The van der Waals surface area contributed by atoms with Crippen LogP contribution < -0.4 is 5.32 Å². The third kappa shape index (κ3) is 2.83. The molecule has 102 valence electrons. The third-order valence-electron chi connectivity index (χ3n) is 2.85. The topological polar surface area (TPSA) is 66.5 Å². The van der Waals surface area contributed by atoms with E-state index in [4.69, 9.17) is 0 Å². The van der Waals surface area contributed by atoms with Gasteiger partial charge in [-0.2, -0.15) is 0 Å². The monoisotopic (exact) mass is 270 g/mol. The Morgan fingerprint density at radius 2 is 1.85 bits per heavy atom. The molecule has 5 heteroatoms. The Morgan fingerprint density at radius 1 is 1.15 bits per heavy atom. The first kappa shape index (κ1) is 13.7. The molecule has 5 nitrogen and oxygen atoms in total. The van der Waals surface area contributed by atoms with Gasteiger partial charge in [0.25, 0.3) is 11.8 Å². The number of nitrogens with one attached hydrogen (secondary N) is 1. The largest absolute Gasteiger partial charge is 0.331 e. The van der Waals surface area contributed by atoms with Crippen molar-refractivity contribution in [2.45, 2.75) is 6.92 Å². The number of carbonyl (C=O) groups excluding carboxylic acids is 3. The number of allylic oxidation sites excluding steroid dienone is 2. The van der Waals surface area contributed by atoms with E-state index >= 15 is 0 Å². The van der Waals surface area contributed by atoms with E-state index in [0.29, 0.717) is 0 Å². The summed E-state index contributed by atoms with van der Waals surface area (Å²) in [6.07, 6.45) is 4.81. The van der Waals surface area contributed by atoms with E-state index in [0.717, 1.165) is 10.5 Å². The van der Waals surface area contributed by atoms with E-state index in [1.165, 1.54) is 6.08 Å². The van der Waals surface area contributed by atoms with Crippen molar-refractivity contribution in [2.75, 3.05) is 6.54 Å². The van der Waals surface area contributed by atoms with E-state index in [2.05, 4.69) is 5.32 Å². The molecule has 4 amide bonds. The minimum Gasteiger partial charge on any atom is -0.273 e. The molecule has 1 aliphatic heterocycles. The maximum Gasteiger partial charge on any atom is 0.331 e. The lowest BCUT2D eigenvalue weighted by molar-refractivity contribution is -0.130. The van der Waals surface area contributed by atoms with Crippen LogP contribution in [0.5, 0.6) is 0 Å². The first-order valence-electron chi connectivity index (χ1n) is 6.24. The summed E-state index contributed by atoms with van der Waals surface area (Å²) in [4.78, 5) is 36.0. The van der Waals surface area contributed by atoms with E-state index in [1.54, 1.807) is 19.1 Å². The molecular weight excluding hydrogens is 256 g/mol. The number of carbonyl (C=O) groups is 3. The van der Waals surface area contributed by atoms with Crippen LogP contribution in [-0.2, 0) is 9.59 Å². The quantitative estimate of drug-likeness (QED) is 0.672. The minimum atomic E-state index is -0.674. The highest BCUT2D eigenvalue weighted by atomic mass is 16.2. The number of imide groups is 2. The highest BCUT2D eigenvalue weighted by molar-refractivity contribution is 6.28. The van der Waals surface area contributed by atoms with Gasteiger partial charge in [-0.05, 0) is 18.6 Å². The van der Waals surface area contributed by atoms with Crippen molar-refractivity contribution in [3.63, 3.8) is 0 Å². The second-order valence-corrected chi connectivity index (χ2v) is 4.16. The average Bonchev–Trinajstić information content (AvgIpc) is 2.44. The zero-order valence-electron chi connectivity index (χ0n) is 11.0. The van der Waals surface area contributed by atoms with Gasteiger partial charge < -0.3 is 0 Å². The molecule has 0 aromatic heterocycles. The van der Waals surface area contributed by atoms with Gasteiger partial charge in [0.1, 0.15) is 5.57 Å². The van der Waals surface area contributed by atoms with E-state index < -0.39 is 17.8 Å². The Kier molecular flexibility index (Phi) is 4.10. The molecule has 0 radical (unpaired) electrons. The summed E-state index contributed by atoms with van der Waals surface area (Å²) in [5, 5.41) is 2.13. The molecule has 1 N–H and O–H groups in total. The number of rotatable bonds is 3. The van der Waals surface area contributed by atoms with Crippen molar-refractivity contribution in [2.24, 2.45) is 0 Å². The summed E-state index contributed by atoms with van der Waals surface area (Å²) < 4.78 is 0. The Bertz CT molecular complexity index is 603. The summed E-state index contributed by atoms with van der Waals surface area (Å²) in [6.45, 7) is 1.89. The van der Waals surface area contributed by atoms with E-state index in [9.17, 15) is 14.4 Å². The van der Waals surface area contributed by atoms with Gasteiger partial charge in [-0.3, -0.25) is 19.8 Å². The number of likely N-dealkylation sites (N-methyl/N-ethyl adjacent to an activating group) is 1. The fraction of sp³-hybridized carbons (Fsp3) is 0.133. The van der Waals surface area contributed by atoms with E-state index in [-0.39, 0.29) is 12.1 Å². The molecule has 0 bridgehead atoms. The highest BCUT2D eigenvalue weighted by Gasteiger charge is 2.34. The number of hydrogen-bond donors (Lipinski definition) is 1. The number of urea groups is 1. The van der Waals surface area contributed by atoms with Crippen LogP contribution in [0.3, 0.4) is 0 Å². The van der Waals surface area contributed by atoms with Gasteiger partial charge in [-0.1, -0.05) is 42.5 Å². The lowest BCUT2D eigenvalue weighted by Crippen LogP contribution is -2.53. The Hall–Kier alpha value is -2.69. The molecule has 2 rings (SSSR count). The normalized spacial score (nSPS) is 17.9. The Balaban J connectivity index is 2.20. The number of barbiturate groups is 1. The molecule has 1 aromatic rings. The van der Waals surface area contributed by atoms with Gasteiger partial charge in [-0.25, -0.2) is 4.79 Å². The van der Waals surface area contributed by atoms with Crippen LogP contribution in [0.15, 0.2) is 48.1 Å². The number of benzene rings is 1. The van der Waals surface area contributed by atoms with Gasteiger partial charge in [0.2, 0.25) is 0 Å². The Morgan fingerprint density at radius 3 is 2.50 bits per heavy atom. The lowest BCUT2D eigenvalue weighted by atomic mass is 10.1. The Labute approximate surface area is 116 Å². The predicted molar refractivity (Wildman–Crippen MR) is 74.5 cm³/mol. The van der Waals surface area contributed by atoms with Crippen LogP contribution in [0.2, 0.25) is 0 Å². The summed E-state index contributed by atoms with van der Waals surface area (Å²) in [5.41, 5.74) is 0.912. The SMILES string of the molecule is CCN1C(=O)NC(=O)C(=CC=Cc2ccccc2)C1=O. The molecule has 20 heavy (non-hydrogen) atoms. The van der Waals surface area contributed by atoms with Crippen LogP contribution >= 0.6 is 0 Å². The summed E-state index contributed by atoms with van der Waals surface area (Å²) in [5.74, 6) is -1.23. The molecule has 0 saturated carbocycles. The molecule has 0 aliphatic carbocycles. The van der Waals surface area contributed by atoms with Crippen LogP contribution in [0, 0.1) is 0 Å². The second-order valence-electron chi connectivity index (χ2n) is 4.16. The molecule has 0 unspecified atom stereocenters. The second kappa shape index (κ2) is 5.97. The third-order valence-corrected chi connectivity index (χ3v) is 2.85. The van der Waals surface area contributed by atoms with Crippen molar-refractivity contribution >= 4 is 23.9 Å². The van der Waals surface area contributed by atoms with Crippen molar-refractivity contribution in [1.29, 1.82) is 0 Å². The zero-order chi connectivity index (χ0) is 14.5. The van der Waals surface area contributed by atoms with Crippen LogP contribution in [-0.4, -0.2) is 29.3 Å². The zero-order valence-corrected chi connectivity index (χ0v) is 11.0. The van der Waals surface area contributed by atoms with Gasteiger partial charge in [0.05, 0.1) is 0 Å². The fourth-order valence-electron chi connectivity index (χ4n) is 1.82. The molecule has 1 fully saturated rings. The van der Waals surface area contributed by atoms with Crippen LogP contribution in [0.25, 0.3) is 6.08 Å². The van der Waals surface area contributed by atoms with Crippen molar-refractivity contribution in [1.82, 2.24) is 10.2 Å². The molecule has 1 aliphatic rings. The molecule has 0 atom stereocenters. The number of nitrogens with zero attached hydrogens (tertiary/aromatic N) is 1. The predicted octanol–water partition coefficient (Wildman–Crippen LogP) is 1.72. The molecule has 1 saturated heterocycles. The standard InChI is InChI=1S/C15H14N2O3/c1-2-17-14(19)12(13(18)16-15(17)20)10-6-9-11-7-4-3-5-8-11/h3-10H,2H2,1H3,(H,16,18,20). The number of amides is 4. The van der Waals surface area contributed by atoms with E-state index in [1.807, 2.05) is 30.3 Å². The maximum atomic E-state index is 12.0. The highest BCUT2D eigenvalue weighted by Crippen LogP contribution is 2.10.